The van der Waals surface area contributed by atoms with Crippen molar-refractivity contribution >= 4 is 0 Å². The molecule has 0 nitrogen and oxygen atoms in total. The molecule has 0 fully saturated rings. The fourth-order valence-corrected chi connectivity index (χ4v) is 1.78. The van der Waals surface area contributed by atoms with E-state index >= 15 is 0 Å². The van der Waals surface area contributed by atoms with Crippen LogP contribution >= 0.6 is 0 Å². The maximum Gasteiger partial charge on any atom is 0.00783 e. The molecule has 0 rings (SSSR count). The van der Waals surface area contributed by atoms with E-state index in [0.717, 1.165) is 0 Å². The first-order valence-electron chi connectivity index (χ1n) is 7.30. The Labute approximate surface area is 126 Å². The van der Waals surface area contributed by atoms with Gasteiger partial charge < -0.3 is 0 Å². The van der Waals surface area contributed by atoms with Crippen molar-refractivity contribution in [2.45, 2.75) is 48.5 Å². The van der Waals surface area contributed by atoms with E-state index in [1.54, 1.807) is 0 Å². The van der Waals surface area contributed by atoms with E-state index in [1.165, 1.54) is 16.7 Å². The van der Waals surface area contributed by atoms with Crippen LogP contribution in [0.3, 0.4) is 0 Å². The molecule has 0 saturated carbocycles. The lowest BCUT2D eigenvalue weighted by Crippen LogP contribution is -2.09. The van der Waals surface area contributed by atoms with Crippen LogP contribution < -0.4 is 0 Å². The van der Waals surface area contributed by atoms with Crippen molar-refractivity contribution in [3.8, 4) is 0 Å². The van der Waals surface area contributed by atoms with E-state index in [1.807, 2.05) is 6.92 Å². The second kappa shape index (κ2) is 9.36. The number of allylic oxidation sites excluding steroid dienone is 12. The van der Waals surface area contributed by atoms with Crippen molar-refractivity contribution < 1.29 is 0 Å². The average Bonchev–Trinajstić information content (AvgIpc) is 2.34. The summed E-state index contributed by atoms with van der Waals surface area (Å²) in [4.78, 5) is 0. The molecule has 0 aliphatic heterocycles. The lowest BCUT2D eigenvalue weighted by molar-refractivity contribution is 0.595. The van der Waals surface area contributed by atoms with E-state index in [0.29, 0.717) is 0 Å². The Morgan fingerprint density at radius 2 is 1.40 bits per heavy atom. The lowest BCUT2D eigenvalue weighted by Gasteiger charge is -2.22. The van der Waals surface area contributed by atoms with Gasteiger partial charge in [-0.3, -0.25) is 0 Å². The van der Waals surface area contributed by atoms with Gasteiger partial charge in [-0.15, -0.1) is 0 Å². The smallest absolute Gasteiger partial charge is 0.00783 e. The summed E-state index contributed by atoms with van der Waals surface area (Å²) >= 11 is 0. The first kappa shape index (κ1) is 18.4. The molecule has 0 N–H and O–H groups in total. The van der Waals surface area contributed by atoms with Gasteiger partial charge in [0.25, 0.3) is 0 Å². The Morgan fingerprint density at radius 3 is 1.90 bits per heavy atom. The molecule has 0 aliphatic rings. The molecule has 0 amide bonds. The van der Waals surface area contributed by atoms with Crippen LogP contribution in [0.25, 0.3) is 0 Å². The van der Waals surface area contributed by atoms with Crippen LogP contribution in [0.1, 0.15) is 48.5 Å². The van der Waals surface area contributed by atoms with Gasteiger partial charge in [0.05, 0.1) is 0 Å². The summed E-state index contributed by atoms with van der Waals surface area (Å²) in [5.41, 5.74) is 3.91. The lowest BCUT2D eigenvalue weighted by atomic mass is 9.83. The van der Waals surface area contributed by atoms with E-state index in [-0.39, 0.29) is 5.41 Å². The number of hydrogen-bond acceptors (Lipinski definition) is 0. The van der Waals surface area contributed by atoms with E-state index < -0.39 is 0 Å². The Balaban J connectivity index is 5.25. The predicted octanol–water partition coefficient (Wildman–Crippen LogP) is 6.56. The van der Waals surface area contributed by atoms with Crippen molar-refractivity contribution in [1.82, 2.24) is 0 Å². The highest BCUT2D eigenvalue weighted by molar-refractivity contribution is 5.35. The zero-order chi connectivity index (χ0) is 15.6. The molecule has 0 unspecified atom stereocenters. The van der Waals surface area contributed by atoms with Gasteiger partial charge in [0.15, 0.2) is 0 Å². The average molecular weight is 270 g/mol. The zero-order valence-electron chi connectivity index (χ0n) is 14.2. The van der Waals surface area contributed by atoms with Crippen LogP contribution in [0.4, 0.5) is 0 Å². The molecular weight excluding hydrogens is 240 g/mol. The van der Waals surface area contributed by atoms with Gasteiger partial charge in [0, 0.05) is 5.41 Å². The molecule has 0 aromatic rings. The first-order chi connectivity index (χ1) is 9.33. The minimum atomic E-state index is 0.0190. The molecule has 0 aromatic carbocycles. The monoisotopic (exact) mass is 270 g/mol. The summed E-state index contributed by atoms with van der Waals surface area (Å²) in [6, 6.07) is 0. The molecule has 0 saturated heterocycles. The van der Waals surface area contributed by atoms with Gasteiger partial charge in [-0.2, -0.15) is 0 Å². The summed E-state index contributed by atoms with van der Waals surface area (Å²) < 4.78 is 0. The fourth-order valence-electron chi connectivity index (χ4n) is 1.78. The van der Waals surface area contributed by atoms with Crippen LogP contribution in [0.2, 0.25) is 0 Å². The van der Waals surface area contributed by atoms with Crippen LogP contribution in [-0.4, -0.2) is 0 Å². The minimum absolute atomic E-state index is 0.0190. The number of rotatable bonds is 6. The zero-order valence-corrected chi connectivity index (χ0v) is 14.2. The van der Waals surface area contributed by atoms with Crippen molar-refractivity contribution in [1.29, 1.82) is 0 Å². The maximum absolute atomic E-state index is 2.25. The van der Waals surface area contributed by atoms with Gasteiger partial charge in [-0.25, -0.2) is 0 Å². The minimum Gasteiger partial charge on any atom is -0.0874 e. The largest absolute Gasteiger partial charge is 0.0874 e. The molecule has 0 atom stereocenters. The molecule has 0 aromatic heterocycles. The molecule has 0 heteroatoms. The SMILES string of the molecule is C\C=C/C(C)=C\C=C\C(C)(C)C(/C=C\C)=C/C=C(C)C. The number of hydrogen-bond donors (Lipinski definition) is 0. The molecule has 20 heavy (non-hydrogen) atoms. The Kier molecular flexibility index (Phi) is 8.63. The third-order valence-electron chi connectivity index (χ3n) is 2.99. The molecule has 0 radical (unpaired) electrons. The predicted molar refractivity (Wildman–Crippen MR) is 93.8 cm³/mol. The van der Waals surface area contributed by atoms with Crippen molar-refractivity contribution in [3.63, 3.8) is 0 Å². The van der Waals surface area contributed by atoms with Gasteiger partial charge in [-0.05, 0) is 40.2 Å². The summed E-state index contributed by atoms with van der Waals surface area (Å²) in [5, 5.41) is 0. The molecule has 110 valence electrons. The third-order valence-corrected chi connectivity index (χ3v) is 2.99. The second-order valence-corrected chi connectivity index (χ2v) is 5.86. The maximum atomic E-state index is 2.25. The van der Waals surface area contributed by atoms with Crippen molar-refractivity contribution in [2.75, 3.05) is 0 Å². The highest BCUT2D eigenvalue weighted by Gasteiger charge is 2.16. The Morgan fingerprint density at radius 1 is 0.800 bits per heavy atom. The van der Waals surface area contributed by atoms with Crippen LogP contribution in [0, 0.1) is 5.41 Å². The Bertz CT molecular complexity index is 456. The molecule has 0 aliphatic carbocycles. The first-order valence-corrected chi connectivity index (χ1v) is 7.30. The molecular formula is C20H30. The summed E-state index contributed by atoms with van der Waals surface area (Å²) in [5.74, 6) is 0. The summed E-state index contributed by atoms with van der Waals surface area (Å²) in [7, 11) is 0. The van der Waals surface area contributed by atoms with Crippen LogP contribution in [0.5, 0.6) is 0 Å². The summed E-state index contributed by atoms with van der Waals surface area (Å²) in [6.07, 6.45) is 19.4. The van der Waals surface area contributed by atoms with Crippen LogP contribution in [-0.2, 0) is 0 Å². The highest BCUT2D eigenvalue weighted by atomic mass is 14.2. The quantitative estimate of drug-likeness (QED) is 0.479. The molecule has 0 spiro atoms. The van der Waals surface area contributed by atoms with Crippen LogP contribution in [0.15, 0.2) is 71.4 Å². The highest BCUT2D eigenvalue weighted by Crippen LogP contribution is 2.29. The van der Waals surface area contributed by atoms with Gasteiger partial charge in [0.2, 0.25) is 0 Å². The van der Waals surface area contributed by atoms with E-state index in [2.05, 4.69) is 96.2 Å². The van der Waals surface area contributed by atoms with E-state index in [4.69, 9.17) is 0 Å². The van der Waals surface area contributed by atoms with Crippen molar-refractivity contribution in [3.05, 3.63) is 71.4 Å². The standard InChI is InChI=1S/C20H30/c1-8-11-18(5)13-10-16-20(6,7)19(12-9-2)15-14-17(3)4/h8-16H,1-7H3/b11-8-,12-9-,16-10+,18-13-,19-15+. The van der Waals surface area contributed by atoms with Gasteiger partial charge in [-0.1, -0.05) is 79.7 Å². The molecule has 0 bridgehead atoms. The third kappa shape index (κ3) is 7.78. The summed E-state index contributed by atoms with van der Waals surface area (Å²) in [6.45, 7) is 14.9. The second-order valence-electron chi connectivity index (χ2n) is 5.86. The van der Waals surface area contributed by atoms with Crippen molar-refractivity contribution in [2.24, 2.45) is 5.41 Å². The van der Waals surface area contributed by atoms with Gasteiger partial charge in [0.1, 0.15) is 0 Å². The topological polar surface area (TPSA) is 0 Å². The van der Waals surface area contributed by atoms with E-state index in [9.17, 15) is 0 Å². The molecule has 0 heterocycles. The Hall–Kier alpha value is -1.56. The van der Waals surface area contributed by atoms with Gasteiger partial charge >= 0.3 is 0 Å². The fraction of sp³-hybridized carbons (Fsp3) is 0.400. The normalized spacial score (nSPS) is 14.8.